The van der Waals surface area contributed by atoms with Crippen LogP contribution in [-0.4, -0.2) is 43.3 Å². The highest BCUT2D eigenvalue weighted by Gasteiger charge is 2.22. The molecule has 0 bridgehead atoms. The summed E-state index contributed by atoms with van der Waals surface area (Å²) in [5.41, 5.74) is 5.76. The smallest absolute Gasteiger partial charge is 0.226 e. The number of rotatable bonds is 6. The van der Waals surface area contributed by atoms with E-state index < -0.39 is 0 Å². The van der Waals surface area contributed by atoms with E-state index in [0.717, 1.165) is 72.1 Å². The van der Waals surface area contributed by atoms with Crippen LogP contribution in [0.15, 0.2) is 30.3 Å². The highest BCUT2D eigenvalue weighted by molar-refractivity contribution is 5.83. The maximum Gasteiger partial charge on any atom is 0.226 e. The highest BCUT2D eigenvalue weighted by atomic mass is 16.5. The van der Waals surface area contributed by atoms with Crippen LogP contribution in [0.5, 0.6) is 11.5 Å². The van der Waals surface area contributed by atoms with Crippen molar-refractivity contribution in [3.05, 3.63) is 52.7 Å². The van der Waals surface area contributed by atoms with Gasteiger partial charge in [-0.2, -0.15) is 0 Å². The number of nitrogens with one attached hydrogen (secondary N) is 1. The van der Waals surface area contributed by atoms with Gasteiger partial charge in [0.2, 0.25) is 5.95 Å². The van der Waals surface area contributed by atoms with E-state index in [-0.39, 0.29) is 0 Å². The van der Waals surface area contributed by atoms with Crippen LogP contribution in [0.3, 0.4) is 0 Å². The molecule has 1 aliphatic rings. The molecule has 0 unspecified atom stereocenters. The number of piperidine rings is 1. The molecule has 0 radical (unpaired) electrons. The number of nitrogens with zero attached hydrogens (tertiary/aromatic N) is 3. The van der Waals surface area contributed by atoms with Gasteiger partial charge in [0.25, 0.3) is 0 Å². The number of anilines is 1. The Labute approximate surface area is 184 Å². The number of aromatic nitrogens is 2. The van der Waals surface area contributed by atoms with E-state index in [4.69, 9.17) is 19.4 Å². The van der Waals surface area contributed by atoms with Crippen molar-refractivity contribution in [2.45, 2.75) is 46.2 Å². The molecule has 1 aromatic heterocycles. The minimum Gasteiger partial charge on any atom is -0.493 e. The molecule has 3 aromatic rings. The van der Waals surface area contributed by atoms with E-state index in [1.807, 2.05) is 12.1 Å². The predicted molar refractivity (Wildman–Crippen MR) is 125 cm³/mol. The summed E-state index contributed by atoms with van der Waals surface area (Å²) in [4.78, 5) is 12.0. The molecule has 1 saturated heterocycles. The van der Waals surface area contributed by atoms with Gasteiger partial charge in [0.15, 0.2) is 11.5 Å². The number of hydrogen-bond acceptors (Lipinski definition) is 6. The molecule has 2 aromatic carbocycles. The average molecular weight is 421 g/mol. The summed E-state index contributed by atoms with van der Waals surface area (Å²) in [5.74, 6) is 2.42. The van der Waals surface area contributed by atoms with Crippen LogP contribution in [0.25, 0.3) is 10.9 Å². The Kier molecular flexibility index (Phi) is 6.28. The lowest BCUT2D eigenvalue weighted by molar-refractivity contribution is 0.347. The summed E-state index contributed by atoms with van der Waals surface area (Å²) in [6, 6.07) is 10.8. The number of hydrogen-bond donors (Lipinski definition) is 1. The van der Waals surface area contributed by atoms with Crippen LogP contribution >= 0.6 is 0 Å². The molecule has 4 rings (SSSR count). The van der Waals surface area contributed by atoms with E-state index in [1.54, 1.807) is 14.2 Å². The molecule has 6 heteroatoms. The summed E-state index contributed by atoms with van der Waals surface area (Å²) < 4.78 is 11.0. The Morgan fingerprint density at radius 3 is 2.45 bits per heavy atom. The second kappa shape index (κ2) is 9.10. The van der Waals surface area contributed by atoms with Gasteiger partial charge in [-0.1, -0.05) is 12.1 Å². The fourth-order valence-electron chi connectivity index (χ4n) is 4.30. The Bertz CT molecular complexity index is 1070. The molecule has 0 spiro atoms. The third-order valence-electron chi connectivity index (χ3n) is 6.33. The maximum absolute atomic E-state index is 5.55. The molecule has 0 saturated carbocycles. The number of methoxy groups -OCH3 is 2. The largest absolute Gasteiger partial charge is 0.493 e. The van der Waals surface area contributed by atoms with Crippen LogP contribution < -0.4 is 19.7 Å². The maximum atomic E-state index is 5.55. The van der Waals surface area contributed by atoms with Crippen molar-refractivity contribution in [1.29, 1.82) is 0 Å². The molecule has 0 amide bonds. The molecule has 31 heavy (non-hydrogen) atoms. The SMILES string of the molecule is COc1cccc(CNC2CCN(c3nc(C)c4cc(C)c(C)cc4n3)CC2)c1OC. The number of ether oxygens (including phenoxy) is 2. The Morgan fingerprint density at radius 2 is 1.74 bits per heavy atom. The summed E-state index contributed by atoms with van der Waals surface area (Å²) in [5, 5.41) is 4.84. The summed E-state index contributed by atoms with van der Waals surface area (Å²) >= 11 is 0. The van der Waals surface area contributed by atoms with E-state index >= 15 is 0 Å². The summed E-state index contributed by atoms with van der Waals surface area (Å²) in [7, 11) is 3.36. The summed E-state index contributed by atoms with van der Waals surface area (Å²) in [6.45, 7) is 9.01. The van der Waals surface area contributed by atoms with Crippen molar-refractivity contribution < 1.29 is 9.47 Å². The number of para-hydroxylation sites is 1. The van der Waals surface area contributed by atoms with Crippen LogP contribution in [0.4, 0.5) is 5.95 Å². The number of fused-ring (bicyclic) bond motifs is 1. The van der Waals surface area contributed by atoms with Gasteiger partial charge >= 0.3 is 0 Å². The van der Waals surface area contributed by atoms with Gasteiger partial charge in [0.05, 0.1) is 25.4 Å². The van der Waals surface area contributed by atoms with Crippen molar-refractivity contribution in [3.63, 3.8) is 0 Å². The average Bonchev–Trinajstić information content (AvgIpc) is 2.78. The highest BCUT2D eigenvalue weighted by Crippen LogP contribution is 2.31. The van der Waals surface area contributed by atoms with Gasteiger partial charge in [0, 0.05) is 36.6 Å². The lowest BCUT2D eigenvalue weighted by atomic mass is 10.0. The molecular weight excluding hydrogens is 388 g/mol. The molecule has 1 fully saturated rings. The first-order chi connectivity index (χ1) is 15.0. The third-order valence-corrected chi connectivity index (χ3v) is 6.33. The second-order valence-electron chi connectivity index (χ2n) is 8.36. The first-order valence-corrected chi connectivity index (χ1v) is 10.9. The zero-order valence-electron chi connectivity index (χ0n) is 19.2. The first kappa shape index (κ1) is 21.4. The minimum atomic E-state index is 0.457. The van der Waals surface area contributed by atoms with Crippen molar-refractivity contribution in [1.82, 2.24) is 15.3 Å². The minimum absolute atomic E-state index is 0.457. The Balaban J connectivity index is 1.41. The van der Waals surface area contributed by atoms with E-state index in [2.05, 4.69) is 49.2 Å². The van der Waals surface area contributed by atoms with Crippen molar-refractivity contribution >= 4 is 16.9 Å². The molecule has 0 atom stereocenters. The van der Waals surface area contributed by atoms with Gasteiger partial charge in [-0.15, -0.1) is 0 Å². The molecule has 0 aliphatic carbocycles. The van der Waals surface area contributed by atoms with Gasteiger partial charge in [-0.05, 0) is 62.9 Å². The second-order valence-corrected chi connectivity index (χ2v) is 8.36. The lowest BCUT2D eigenvalue weighted by Gasteiger charge is -2.33. The van der Waals surface area contributed by atoms with Crippen LogP contribution in [0.1, 0.15) is 35.2 Å². The zero-order chi connectivity index (χ0) is 22.0. The van der Waals surface area contributed by atoms with Crippen LogP contribution in [-0.2, 0) is 6.54 Å². The third kappa shape index (κ3) is 4.44. The molecule has 2 heterocycles. The molecule has 6 nitrogen and oxygen atoms in total. The standard InChI is InChI=1S/C25H32N4O2/c1-16-13-21-18(3)27-25(28-22(21)14-17(16)2)29-11-9-20(10-12-29)26-15-19-7-6-8-23(30-4)24(19)31-5/h6-8,13-14,20,26H,9-12,15H2,1-5H3. The molecular formula is C25H32N4O2. The fraction of sp³-hybridized carbons (Fsp3) is 0.440. The van der Waals surface area contributed by atoms with Crippen molar-refractivity contribution in [2.24, 2.45) is 0 Å². The molecule has 1 aliphatic heterocycles. The van der Waals surface area contributed by atoms with E-state index in [9.17, 15) is 0 Å². The van der Waals surface area contributed by atoms with Gasteiger partial charge in [0.1, 0.15) is 0 Å². The number of benzene rings is 2. The first-order valence-electron chi connectivity index (χ1n) is 10.9. The van der Waals surface area contributed by atoms with E-state index in [0.29, 0.717) is 6.04 Å². The van der Waals surface area contributed by atoms with E-state index in [1.165, 1.54) is 11.1 Å². The van der Waals surface area contributed by atoms with Crippen molar-refractivity contribution in [2.75, 3.05) is 32.2 Å². The predicted octanol–water partition coefficient (Wildman–Crippen LogP) is 4.33. The molecule has 1 N–H and O–H groups in total. The fourth-order valence-corrected chi connectivity index (χ4v) is 4.30. The Hall–Kier alpha value is -2.86. The zero-order valence-corrected chi connectivity index (χ0v) is 19.2. The molecule has 164 valence electrons. The lowest BCUT2D eigenvalue weighted by Crippen LogP contribution is -2.43. The topological polar surface area (TPSA) is 59.5 Å². The normalized spacial score (nSPS) is 14.8. The van der Waals surface area contributed by atoms with Gasteiger partial charge in [-0.25, -0.2) is 9.97 Å². The van der Waals surface area contributed by atoms with Crippen LogP contribution in [0.2, 0.25) is 0 Å². The Morgan fingerprint density at radius 1 is 1.00 bits per heavy atom. The number of aryl methyl sites for hydroxylation is 3. The van der Waals surface area contributed by atoms with Crippen LogP contribution in [0, 0.1) is 20.8 Å². The van der Waals surface area contributed by atoms with Gasteiger partial charge < -0.3 is 19.7 Å². The summed E-state index contributed by atoms with van der Waals surface area (Å²) in [6.07, 6.45) is 2.11. The van der Waals surface area contributed by atoms with Gasteiger partial charge in [-0.3, -0.25) is 0 Å². The quantitative estimate of drug-likeness (QED) is 0.641. The monoisotopic (exact) mass is 420 g/mol. The van der Waals surface area contributed by atoms with Crippen molar-refractivity contribution in [3.8, 4) is 11.5 Å².